The molecule has 0 saturated heterocycles. The zero-order chi connectivity index (χ0) is 11.4. The molecule has 0 rings (SSSR count). The van der Waals surface area contributed by atoms with Gasteiger partial charge in [0.25, 0.3) is 0 Å². The first-order valence-corrected chi connectivity index (χ1v) is 6.48. The topological polar surface area (TPSA) is 26.0 Å². The molecule has 0 aliphatic rings. The highest BCUT2D eigenvalue weighted by molar-refractivity contribution is 8.00. The molecule has 1 atom stereocenters. The van der Waals surface area contributed by atoms with E-state index in [0.29, 0.717) is 16.2 Å². The van der Waals surface area contributed by atoms with Gasteiger partial charge in [-0.05, 0) is 18.3 Å². The molecule has 0 aromatic heterocycles. The third-order valence-electron chi connectivity index (χ3n) is 2.00. The number of hydrogen-bond donors (Lipinski definition) is 1. The molecule has 0 aromatic carbocycles. The van der Waals surface area contributed by atoms with Crippen LogP contribution in [0.2, 0.25) is 0 Å². The Morgan fingerprint density at radius 3 is 1.93 bits per heavy atom. The van der Waals surface area contributed by atoms with Crippen molar-refractivity contribution >= 4 is 11.8 Å². The van der Waals surface area contributed by atoms with Crippen molar-refractivity contribution in [2.75, 3.05) is 5.75 Å². The lowest BCUT2D eigenvalue weighted by Gasteiger charge is -2.23. The molecule has 0 saturated carbocycles. The highest BCUT2D eigenvalue weighted by Crippen LogP contribution is 2.26. The summed E-state index contributed by atoms with van der Waals surface area (Å²) in [5.41, 5.74) is 6.49. The molecule has 2 heteroatoms. The van der Waals surface area contributed by atoms with E-state index in [-0.39, 0.29) is 0 Å². The summed E-state index contributed by atoms with van der Waals surface area (Å²) in [5, 5.41) is 0. The maximum Gasteiger partial charge on any atom is 0.0130 e. The second-order valence-corrected chi connectivity index (χ2v) is 8.13. The number of rotatable bonds is 4. The zero-order valence-corrected chi connectivity index (χ0v) is 11.5. The normalized spacial score (nSPS) is 15.6. The maximum absolute atomic E-state index is 6.07. The number of thioether (sulfide) groups is 1. The van der Waals surface area contributed by atoms with Crippen LogP contribution in [-0.2, 0) is 0 Å². The highest BCUT2D eigenvalue weighted by atomic mass is 32.2. The molecule has 0 spiro atoms. The van der Waals surface area contributed by atoms with E-state index in [4.69, 9.17) is 5.73 Å². The molecule has 14 heavy (non-hydrogen) atoms. The van der Waals surface area contributed by atoms with Crippen molar-refractivity contribution in [2.45, 2.75) is 65.2 Å². The number of hydrogen-bond acceptors (Lipinski definition) is 2. The molecule has 0 aromatic rings. The summed E-state index contributed by atoms with van der Waals surface area (Å²) in [6.45, 7) is 13.6. The van der Waals surface area contributed by atoms with Gasteiger partial charge in [0, 0.05) is 16.5 Å². The smallest absolute Gasteiger partial charge is 0.0130 e. The van der Waals surface area contributed by atoms with Crippen LogP contribution in [-0.4, -0.2) is 16.5 Å². The van der Waals surface area contributed by atoms with Crippen LogP contribution in [0.5, 0.6) is 0 Å². The summed E-state index contributed by atoms with van der Waals surface area (Å²) in [6, 6.07) is 0.360. The van der Waals surface area contributed by atoms with Gasteiger partial charge in [0.2, 0.25) is 0 Å². The predicted molar refractivity (Wildman–Crippen MR) is 68.9 cm³/mol. The third-order valence-corrected chi connectivity index (χ3v) is 3.46. The SMILES string of the molecule is CC(C)(C)CCC(N)CSC(C)(C)C. The van der Waals surface area contributed by atoms with Crippen LogP contribution in [0.25, 0.3) is 0 Å². The zero-order valence-electron chi connectivity index (χ0n) is 10.7. The van der Waals surface area contributed by atoms with Gasteiger partial charge >= 0.3 is 0 Å². The first-order chi connectivity index (χ1) is 6.10. The van der Waals surface area contributed by atoms with E-state index in [1.54, 1.807) is 0 Å². The number of nitrogens with two attached hydrogens (primary N) is 1. The average Bonchev–Trinajstić information content (AvgIpc) is 1.94. The first-order valence-electron chi connectivity index (χ1n) is 5.50. The molecule has 0 aliphatic heterocycles. The maximum atomic E-state index is 6.07. The van der Waals surface area contributed by atoms with E-state index in [0.717, 1.165) is 12.2 Å². The van der Waals surface area contributed by atoms with Crippen LogP contribution in [0.1, 0.15) is 54.4 Å². The standard InChI is InChI=1S/C12H27NS/c1-11(2,3)8-7-10(13)9-14-12(4,5)6/h10H,7-9,13H2,1-6H3. The third kappa shape index (κ3) is 10.4. The Morgan fingerprint density at radius 1 is 1.07 bits per heavy atom. The van der Waals surface area contributed by atoms with E-state index in [1.807, 2.05) is 11.8 Å². The molecule has 0 amide bonds. The van der Waals surface area contributed by atoms with Crippen LogP contribution in [0, 0.1) is 5.41 Å². The molecule has 0 heterocycles. The van der Waals surface area contributed by atoms with Gasteiger partial charge in [-0.15, -0.1) is 0 Å². The van der Waals surface area contributed by atoms with Crippen LogP contribution in [0.3, 0.4) is 0 Å². The van der Waals surface area contributed by atoms with E-state index < -0.39 is 0 Å². The quantitative estimate of drug-likeness (QED) is 0.777. The summed E-state index contributed by atoms with van der Waals surface area (Å²) in [7, 11) is 0. The molecule has 0 bridgehead atoms. The highest BCUT2D eigenvalue weighted by Gasteiger charge is 2.16. The molecule has 1 unspecified atom stereocenters. The predicted octanol–water partition coefficient (Wildman–Crippen LogP) is 3.67. The van der Waals surface area contributed by atoms with Crippen molar-refractivity contribution < 1.29 is 0 Å². The Balaban J connectivity index is 3.62. The summed E-state index contributed by atoms with van der Waals surface area (Å²) < 4.78 is 0.347. The van der Waals surface area contributed by atoms with Crippen molar-refractivity contribution in [3.05, 3.63) is 0 Å². The first kappa shape index (κ1) is 14.3. The molecule has 0 radical (unpaired) electrons. The lowest BCUT2D eigenvalue weighted by atomic mass is 9.89. The van der Waals surface area contributed by atoms with Crippen LogP contribution >= 0.6 is 11.8 Å². The van der Waals surface area contributed by atoms with Crippen LogP contribution in [0.4, 0.5) is 0 Å². The van der Waals surface area contributed by atoms with Crippen molar-refractivity contribution in [1.29, 1.82) is 0 Å². The Bertz CT molecular complexity index is 135. The van der Waals surface area contributed by atoms with Gasteiger partial charge in [0.15, 0.2) is 0 Å². The van der Waals surface area contributed by atoms with E-state index in [2.05, 4.69) is 41.5 Å². The van der Waals surface area contributed by atoms with Gasteiger partial charge in [-0.1, -0.05) is 41.5 Å². The van der Waals surface area contributed by atoms with Gasteiger partial charge in [0.1, 0.15) is 0 Å². The van der Waals surface area contributed by atoms with E-state index >= 15 is 0 Å². The summed E-state index contributed by atoms with van der Waals surface area (Å²) >= 11 is 1.97. The lowest BCUT2D eigenvalue weighted by Crippen LogP contribution is -2.27. The molecular weight excluding hydrogens is 190 g/mol. The molecule has 2 N–H and O–H groups in total. The van der Waals surface area contributed by atoms with Gasteiger partial charge < -0.3 is 5.73 Å². The second kappa shape index (κ2) is 5.41. The van der Waals surface area contributed by atoms with Crippen molar-refractivity contribution in [1.82, 2.24) is 0 Å². The minimum atomic E-state index is 0.347. The fourth-order valence-corrected chi connectivity index (χ4v) is 1.94. The Morgan fingerprint density at radius 2 is 1.57 bits per heavy atom. The summed E-state index contributed by atoms with van der Waals surface area (Å²) in [4.78, 5) is 0. The minimum Gasteiger partial charge on any atom is -0.327 e. The van der Waals surface area contributed by atoms with Crippen molar-refractivity contribution in [3.8, 4) is 0 Å². The average molecular weight is 217 g/mol. The van der Waals surface area contributed by atoms with Gasteiger partial charge in [0.05, 0.1) is 0 Å². The molecule has 1 nitrogen and oxygen atoms in total. The van der Waals surface area contributed by atoms with E-state index in [1.165, 1.54) is 6.42 Å². The van der Waals surface area contributed by atoms with Gasteiger partial charge in [-0.25, -0.2) is 0 Å². The summed E-state index contributed by atoms with van der Waals surface area (Å²) in [6.07, 6.45) is 2.37. The fraction of sp³-hybridized carbons (Fsp3) is 1.00. The lowest BCUT2D eigenvalue weighted by molar-refractivity contribution is 0.353. The van der Waals surface area contributed by atoms with Crippen molar-refractivity contribution in [3.63, 3.8) is 0 Å². The largest absolute Gasteiger partial charge is 0.327 e. The summed E-state index contributed by atoms with van der Waals surface area (Å²) in [5.74, 6) is 1.08. The van der Waals surface area contributed by atoms with Gasteiger partial charge in [-0.2, -0.15) is 11.8 Å². The molecule has 0 fully saturated rings. The Labute approximate surface area is 94.2 Å². The Kier molecular flexibility index (Phi) is 5.53. The Hall–Kier alpha value is 0.310. The second-order valence-electron chi connectivity index (χ2n) is 6.28. The molecule has 86 valence electrons. The van der Waals surface area contributed by atoms with Crippen molar-refractivity contribution in [2.24, 2.45) is 11.1 Å². The van der Waals surface area contributed by atoms with E-state index in [9.17, 15) is 0 Å². The fourth-order valence-electron chi connectivity index (χ4n) is 1.06. The molecular formula is C12H27NS. The monoisotopic (exact) mass is 217 g/mol. The minimum absolute atomic E-state index is 0.347. The van der Waals surface area contributed by atoms with Crippen LogP contribution < -0.4 is 5.73 Å². The molecule has 0 aliphatic carbocycles. The van der Waals surface area contributed by atoms with Gasteiger partial charge in [-0.3, -0.25) is 0 Å². The van der Waals surface area contributed by atoms with Crippen LogP contribution in [0.15, 0.2) is 0 Å².